The molecule has 0 spiro atoms. The van der Waals surface area contributed by atoms with Gasteiger partial charge in [0.2, 0.25) is 5.91 Å². The summed E-state index contributed by atoms with van der Waals surface area (Å²) >= 11 is 0. The average Bonchev–Trinajstić information content (AvgIpc) is 2.42. The third-order valence-electron chi connectivity index (χ3n) is 3.54. The summed E-state index contributed by atoms with van der Waals surface area (Å²) in [6.07, 6.45) is 0.586. The highest BCUT2D eigenvalue weighted by Gasteiger charge is 2.40. The van der Waals surface area contributed by atoms with Crippen LogP contribution in [0.5, 0.6) is 0 Å². The van der Waals surface area contributed by atoms with Crippen molar-refractivity contribution in [3.63, 3.8) is 0 Å². The van der Waals surface area contributed by atoms with Gasteiger partial charge in [-0.15, -0.1) is 0 Å². The number of hydrogen-bond donors (Lipinski definition) is 2. The largest absolute Gasteiger partial charge is 0.381 e. The van der Waals surface area contributed by atoms with Gasteiger partial charge < -0.3 is 15.8 Å². The van der Waals surface area contributed by atoms with Gasteiger partial charge in [0.15, 0.2) is 0 Å². The Bertz CT molecular complexity index is 539. The van der Waals surface area contributed by atoms with E-state index in [1.807, 2.05) is 0 Å². The van der Waals surface area contributed by atoms with Gasteiger partial charge in [0.25, 0.3) is 5.91 Å². The third kappa shape index (κ3) is 2.80. The van der Waals surface area contributed by atoms with Gasteiger partial charge in [-0.2, -0.15) is 0 Å². The maximum absolute atomic E-state index is 13.7. The number of aryl methyl sites for hydroxylation is 1. The summed E-state index contributed by atoms with van der Waals surface area (Å²) in [5.41, 5.74) is 4.91. The SMILES string of the molecule is Cc1ccc(F)c(C(=O)NC2(C(N)=O)CCOCC2)c1. The lowest BCUT2D eigenvalue weighted by atomic mass is 9.88. The van der Waals surface area contributed by atoms with Crippen LogP contribution in [-0.4, -0.2) is 30.6 Å². The number of hydrogen-bond acceptors (Lipinski definition) is 3. The Labute approximate surface area is 116 Å². The van der Waals surface area contributed by atoms with Crippen LogP contribution in [0, 0.1) is 12.7 Å². The van der Waals surface area contributed by atoms with E-state index in [1.165, 1.54) is 12.1 Å². The van der Waals surface area contributed by atoms with Crippen molar-refractivity contribution in [2.24, 2.45) is 5.73 Å². The Morgan fingerprint density at radius 2 is 2.00 bits per heavy atom. The molecule has 1 aromatic carbocycles. The van der Waals surface area contributed by atoms with Crippen LogP contribution in [0.4, 0.5) is 4.39 Å². The van der Waals surface area contributed by atoms with Crippen molar-refractivity contribution in [3.05, 3.63) is 35.1 Å². The summed E-state index contributed by atoms with van der Waals surface area (Å²) in [7, 11) is 0. The van der Waals surface area contributed by atoms with Crippen molar-refractivity contribution < 1.29 is 18.7 Å². The molecule has 0 radical (unpaired) electrons. The van der Waals surface area contributed by atoms with Crippen molar-refractivity contribution in [1.82, 2.24) is 5.32 Å². The Morgan fingerprint density at radius 3 is 2.60 bits per heavy atom. The molecule has 108 valence electrons. The van der Waals surface area contributed by atoms with Crippen LogP contribution in [0.15, 0.2) is 18.2 Å². The smallest absolute Gasteiger partial charge is 0.255 e. The highest BCUT2D eigenvalue weighted by molar-refractivity contribution is 5.99. The van der Waals surface area contributed by atoms with Gasteiger partial charge in [0, 0.05) is 26.1 Å². The molecule has 5 nitrogen and oxygen atoms in total. The van der Waals surface area contributed by atoms with Gasteiger partial charge in [0.05, 0.1) is 5.56 Å². The first-order chi connectivity index (χ1) is 9.44. The van der Waals surface area contributed by atoms with E-state index < -0.39 is 23.2 Å². The quantitative estimate of drug-likeness (QED) is 0.863. The summed E-state index contributed by atoms with van der Waals surface area (Å²) < 4.78 is 18.9. The summed E-state index contributed by atoms with van der Waals surface area (Å²) in [4.78, 5) is 23.8. The molecular formula is C14H17FN2O3. The Hall–Kier alpha value is -1.95. The molecule has 1 saturated heterocycles. The maximum Gasteiger partial charge on any atom is 0.255 e. The first-order valence-electron chi connectivity index (χ1n) is 6.41. The molecule has 0 aliphatic carbocycles. The molecule has 1 aromatic rings. The highest BCUT2D eigenvalue weighted by Crippen LogP contribution is 2.21. The molecule has 0 atom stereocenters. The lowest BCUT2D eigenvalue weighted by molar-refractivity contribution is -0.127. The zero-order valence-electron chi connectivity index (χ0n) is 11.2. The van der Waals surface area contributed by atoms with E-state index >= 15 is 0 Å². The number of ether oxygens (including phenoxy) is 1. The van der Waals surface area contributed by atoms with Crippen LogP contribution in [0.2, 0.25) is 0 Å². The first-order valence-corrected chi connectivity index (χ1v) is 6.41. The van der Waals surface area contributed by atoms with Gasteiger partial charge in [0.1, 0.15) is 11.4 Å². The molecule has 20 heavy (non-hydrogen) atoms. The van der Waals surface area contributed by atoms with E-state index in [2.05, 4.69) is 5.32 Å². The second-order valence-corrected chi connectivity index (χ2v) is 5.00. The monoisotopic (exact) mass is 280 g/mol. The minimum Gasteiger partial charge on any atom is -0.381 e. The van der Waals surface area contributed by atoms with Crippen molar-refractivity contribution in [2.75, 3.05) is 13.2 Å². The molecule has 1 heterocycles. The number of nitrogens with two attached hydrogens (primary N) is 1. The molecular weight excluding hydrogens is 263 g/mol. The molecule has 2 rings (SSSR count). The number of nitrogens with one attached hydrogen (secondary N) is 1. The van der Waals surface area contributed by atoms with E-state index in [4.69, 9.17) is 10.5 Å². The van der Waals surface area contributed by atoms with E-state index in [9.17, 15) is 14.0 Å². The second kappa shape index (κ2) is 5.58. The van der Waals surface area contributed by atoms with Crippen LogP contribution >= 0.6 is 0 Å². The minimum atomic E-state index is -1.16. The molecule has 0 bridgehead atoms. The first kappa shape index (κ1) is 14.5. The Morgan fingerprint density at radius 1 is 1.35 bits per heavy atom. The summed E-state index contributed by atoms with van der Waals surface area (Å²) in [6, 6.07) is 4.24. The molecule has 0 saturated carbocycles. The van der Waals surface area contributed by atoms with Gasteiger partial charge in [-0.1, -0.05) is 11.6 Å². The summed E-state index contributed by atoms with van der Waals surface area (Å²) in [5.74, 6) is -1.88. The number of rotatable bonds is 3. The summed E-state index contributed by atoms with van der Waals surface area (Å²) in [6.45, 7) is 2.42. The second-order valence-electron chi connectivity index (χ2n) is 5.00. The molecule has 2 amide bonds. The lowest BCUT2D eigenvalue weighted by Gasteiger charge is -2.35. The molecule has 0 unspecified atom stereocenters. The zero-order chi connectivity index (χ0) is 14.8. The topological polar surface area (TPSA) is 81.4 Å². The normalized spacial score (nSPS) is 17.5. The number of carbonyl (C=O) groups is 2. The standard InChI is InChI=1S/C14H17FN2O3/c1-9-2-3-11(15)10(8-9)12(18)17-14(13(16)19)4-6-20-7-5-14/h2-3,8H,4-7H2,1H3,(H2,16,19)(H,17,18). The van der Waals surface area contributed by atoms with E-state index in [1.54, 1.807) is 13.0 Å². The number of halogens is 1. The number of amides is 2. The van der Waals surface area contributed by atoms with E-state index in [-0.39, 0.29) is 5.56 Å². The van der Waals surface area contributed by atoms with E-state index in [0.717, 1.165) is 5.56 Å². The summed E-state index contributed by atoms with van der Waals surface area (Å²) in [5, 5.41) is 2.58. The van der Waals surface area contributed by atoms with Gasteiger partial charge in [-0.3, -0.25) is 9.59 Å². The number of primary amides is 1. The van der Waals surface area contributed by atoms with Crippen molar-refractivity contribution in [1.29, 1.82) is 0 Å². The van der Waals surface area contributed by atoms with Crippen LogP contribution in [0.1, 0.15) is 28.8 Å². The Balaban J connectivity index is 2.24. The maximum atomic E-state index is 13.7. The fraction of sp³-hybridized carbons (Fsp3) is 0.429. The van der Waals surface area contributed by atoms with Crippen molar-refractivity contribution in [2.45, 2.75) is 25.3 Å². The van der Waals surface area contributed by atoms with Crippen LogP contribution in [-0.2, 0) is 9.53 Å². The van der Waals surface area contributed by atoms with E-state index in [0.29, 0.717) is 26.1 Å². The molecule has 1 fully saturated rings. The van der Waals surface area contributed by atoms with Crippen molar-refractivity contribution >= 4 is 11.8 Å². The van der Waals surface area contributed by atoms with Crippen LogP contribution < -0.4 is 11.1 Å². The average molecular weight is 280 g/mol. The van der Waals surface area contributed by atoms with Crippen LogP contribution in [0.3, 0.4) is 0 Å². The zero-order valence-corrected chi connectivity index (χ0v) is 11.2. The fourth-order valence-corrected chi connectivity index (χ4v) is 2.25. The minimum absolute atomic E-state index is 0.0860. The van der Waals surface area contributed by atoms with Gasteiger partial charge >= 0.3 is 0 Å². The predicted molar refractivity (Wildman–Crippen MR) is 70.6 cm³/mol. The molecule has 1 aliphatic heterocycles. The molecule has 1 aliphatic rings. The predicted octanol–water partition coefficient (Wildman–Crippen LogP) is 0.898. The van der Waals surface area contributed by atoms with Gasteiger partial charge in [-0.25, -0.2) is 4.39 Å². The fourth-order valence-electron chi connectivity index (χ4n) is 2.25. The molecule has 0 aromatic heterocycles. The highest BCUT2D eigenvalue weighted by atomic mass is 19.1. The third-order valence-corrected chi connectivity index (χ3v) is 3.54. The van der Waals surface area contributed by atoms with Crippen molar-refractivity contribution in [3.8, 4) is 0 Å². The number of benzene rings is 1. The molecule has 6 heteroatoms. The van der Waals surface area contributed by atoms with Gasteiger partial charge in [-0.05, 0) is 19.1 Å². The number of carbonyl (C=O) groups excluding carboxylic acids is 2. The lowest BCUT2D eigenvalue weighted by Crippen LogP contribution is -2.60. The van der Waals surface area contributed by atoms with Crippen LogP contribution in [0.25, 0.3) is 0 Å². The molecule has 3 N–H and O–H groups in total. The Kier molecular flexibility index (Phi) is 4.04.